The Labute approximate surface area is 161 Å². The first kappa shape index (κ1) is 17.8. The van der Waals surface area contributed by atoms with Gasteiger partial charge in [-0.15, -0.1) is 0 Å². The van der Waals surface area contributed by atoms with Gasteiger partial charge in [0.15, 0.2) is 0 Å². The summed E-state index contributed by atoms with van der Waals surface area (Å²) < 4.78 is 7.08. The van der Waals surface area contributed by atoms with E-state index < -0.39 is 0 Å². The first-order chi connectivity index (χ1) is 12.1. The zero-order valence-electron chi connectivity index (χ0n) is 13.9. The second-order valence-corrected chi connectivity index (χ2v) is 7.19. The first-order valence-corrected chi connectivity index (χ1v) is 9.24. The number of halogens is 2. The van der Waals surface area contributed by atoms with Gasteiger partial charge >= 0.3 is 0 Å². The number of benzene rings is 3. The molecule has 0 bridgehead atoms. The Hall–Kier alpha value is -1.97. The monoisotopic (exact) mass is 415 g/mol. The van der Waals surface area contributed by atoms with Gasteiger partial charge in [-0.25, -0.2) is 0 Å². The van der Waals surface area contributed by atoms with E-state index in [9.17, 15) is 0 Å². The highest BCUT2D eigenvalue weighted by Gasteiger charge is 2.07. The van der Waals surface area contributed by atoms with Crippen molar-refractivity contribution in [2.45, 2.75) is 20.1 Å². The summed E-state index contributed by atoms with van der Waals surface area (Å²) >= 11 is 9.62. The molecule has 2 nitrogen and oxygen atoms in total. The lowest BCUT2D eigenvalue weighted by Crippen LogP contribution is -2.04. The molecule has 4 heteroatoms. The van der Waals surface area contributed by atoms with Gasteiger partial charge in [-0.1, -0.05) is 57.9 Å². The van der Waals surface area contributed by atoms with Crippen LogP contribution in [0.15, 0.2) is 71.2 Å². The molecule has 0 unspecified atom stereocenters. The van der Waals surface area contributed by atoms with Crippen molar-refractivity contribution in [2.24, 2.45) is 0 Å². The fourth-order valence-corrected chi connectivity index (χ4v) is 2.99. The van der Waals surface area contributed by atoms with E-state index in [0.717, 1.165) is 27.0 Å². The van der Waals surface area contributed by atoms with Crippen LogP contribution in [0.1, 0.15) is 16.7 Å². The van der Waals surface area contributed by atoms with Crippen molar-refractivity contribution < 1.29 is 4.74 Å². The van der Waals surface area contributed by atoms with Crippen LogP contribution in [-0.4, -0.2) is 0 Å². The predicted octanol–water partition coefficient (Wildman–Crippen LogP) is 6.60. The highest BCUT2D eigenvalue weighted by Crippen LogP contribution is 2.26. The number of para-hydroxylation sites is 1. The van der Waals surface area contributed by atoms with E-state index in [1.165, 1.54) is 5.56 Å². The molecule has 0 fully saturated rings. The largest absolute Gasteiger partial charge is 0.489 e. The molecule has 0 amide bonds. The standard InChI is InChI=1S/C21H19BrClNO/c1-15-4-2-3-5-20(15)24-13-17-12-19(23)10-11-21(17)25-14-16-6-8-18(22)9-7-16/h2-12,24H,13-14H2,1H3. The summed E-state index contributed by atoms with van der Waals surface area (Å²) in [5.41, 5.74) is 4.48. The summed E-state index contributed by atoms with van der Waals surface area (Å²) in [5, 5.41) is 4.16. The molecule has 0 radical (unpaired) electrons. The molecule has 0 aliphatic heterocycles. The van der Waals surface area contributed by atoms with Crippen LogP contribution in [0.3, 0.4) is 0 Å². The minimum atomic E-state index is 0.520. The van der Waals surface area contributed by atoms with Gasteiger partial charge in [0.25, 0.3) is 0 Å². The highest BCUT2D eigenvalue weighted by atomic mass is 79.9. The van der Waals surface area contributed by atoms with E-state index in [-0.39, 0.29) is 0 Å². The van der Waals surface area contributed by atoms with Gasteiger partial charge in [-0.3, -0.25) is 0 Å². The molecule has 0 aliphatic rings. The Kier molecular flexibility index (Phi) is 6.00. The summed E-state index contributed by atoms with van der Waals surface area (Å²) in [6.07, 6.45) is 0. The van der Waals surface area contributed by atoms with Crippen molar-refractivity contribution in [1.82, 2.24) is 0 Å². The number of nitrogens with one attached hydrogen (secondary N) is 1. The SMILES string of the molecule is Cc1ccccc1NCc1cc(Cl)ccc1OCc1ccc(Br)cc1. The van der Waals surface area contributed by atoms with Crippen LogP contribution in [0.25, 0.3) is 0 Å². The van der Waals surface area contributed by atoms with Crippen LogP contribution in [-0.2, 0) is 13.2 Å². The van der Waals surface area contributed by atoms with E-state index in [1.54, 1.807) is 0 Å². The lowest BCUT2D eigenvalue weighted by molar-refractivity contribution is 0.303. The maximum Gasteiger partial charge on any atom is 0.124 e. The highest BCUT2D eigenvalue weighted by molar-refractivity contribution is 9.10. The number of aryl methyl sites for hydroxylation is 1. The van der Waals surface area contributed by atoms with Gasteiger partial charge in [0.05, 0.1) is 0 Å². The van der Waals surface area contributed by atoms with Crippen LogP contribution in [0.5, 0.6) is 5.75 Å². The maximum absolute atomic E-state index is 6.18. The average molecular weight is 417 g/mol. The molecule has 128 valence electrons. The molecule has 3 aromatic carbocycles. The second kappa shape index (κ2) is 8.41. The van der Waals surface area contributed by atoms with Gasteiger partial charge < -0.3 is 10.1 Å². The third kappa shape index (κ3) is 5.00. The molecule has 0 saturated carbocycles. The maximum atomic E-state index is 6.18. The Bertz CT molecular complexity index is 849. The lowest BCUT2D eigenvalue weighted by Gasteiger charge is -2.14. The first-order valence-electron chi connectivity index (χ1n) is 8.07. The van der Waals surface area contributed by atoms with Crippen molar-refractivity contribution in [3.63, 3.8) is 0 Å². The normalized spacial score (nSPS) is 10.5. The fourth-order valence-electron chi connectivity index (χ4n) is 2.53. The number of hydrogen-bond donors (Lipinski definition) is 1. The molecule has 0 aliphatic carbocycles. The molecule has 0 atom stereocenters. The summed E-state index contributed by atoms with van der Waals surface area (Å²) in [6, 6.07) is 22.1. The smallest absolute Gasteiger partial charge is 0.124 e. The zero-order chi connectivity index (χ0) is 17.6. The van der Waals surface area contributed by atoms with Crippen molar-refractivity contribution in [2.75, 3.05) is 5.32 Å². The van der Waals surface area contributed by atoms with Gasteiger partial charge in [-0.05, 0) is 54.4 Å². The van der Waals surface area contributed by atoms with Crippen LogP contribution in [0.4, 0.5) is 5.69 Å². The molecule has 3 aromatic rings. The van der Waals surface area contributed by atoms with Gasteiger partial charge in [0, 0.05) is 27.3 Å². The molecular weight excluding hydrogens is 398 g/mol. The Balaban J connectivity index is 1.71. The Morgan fingerprint density at radius 1 is 1.00 bits per heavy atom. The average Bonchev–Trinajstić information content (AvgIpc) is 2.61. The number of hydrogen-bond acceptors (Lipinski definition) is 2. The Morgan fingerprint density at radius 2 is 1.76 bits per heavy atom. The predicted molar refractivity (Wildman–Crippen MR) is 108 cm³/mol. The van der Waals surface area contributed by atoms with Gasteiger partial charge in [0.1, 0.15) is 12.4 Å². The molecule has 0 spiro atoms. The van der Waals surface area contributed by atoms with Gasteiger partial charge in [-0.2, -0.15) is 0 Å². The van der Waals surface area contributed by atoms with Crippen LogP contribution in [0, 0.1) is 6.92 Å². The third-order valence-electron chi connectivity index (χ3n) is 3.94. The van der Waals surface area contributed by atoms with E-state index in [4.69, 9.17) is 16.3 Å². The van der Waals surface area contributed by atoms with E-state index in [1.807, 2.05) is 54.6 Å². The van der Waals surface area contributed by atoms with E-state index in [0.29, 0.717) is 18.2 Å². The van der Waals surface area contributed by atoms with E-state index in [2.05, 4.69) is 40.3 Å². The van der Waals surface area contributed by atoms with Gasteiger partial charge in [0.2, 0.25) is 0 Å². The molecular formula is C21H19BrClNO. The number of rotatable bonds is 6. The second-order valence-electron chi connectivity index (χ2n) is 5.84. The molecule has 0 aromatic heterocycles. The lowest BCUT2D eigenvalue weighted by atomic mass is 10.1. The topological polar surface area (TPSA) is 21.3 Å². The summed E-state index contributed by atoms with van der Waals surface area (Å²) in [6.45, 7) is 3.26. The van der Waals surface area contributed by atoms with Crippen LogP contribution >= 0.6 is 27.5 Å². The quantitative estimate of drug-likeness (QED) is 0.488. The van der Waals surface area contributed by atoms with E-state index >= 15 is 0 Å². The van der Waals surface area contributed by atoms with Crippen LogP contribution < -0.4 is 10.1 Å². The van der Waals surface area contributed by atoms with Crippen molar-refractivity contribution in [3.05, 3.63) is 92.9 Å². The van der Waals surface area contributed by atoms with Crippen molar-refractivity contribution >= 4 is 33.2 Å². The zero-order valence-corrected chi connectivity index (χ0v) is 16.3. The fraction of sp³-hybridized carbons (Fsp3) is 0.143. The number of ether oxygens (including phenoxy) is 1. The molecule has 25 heavy (non-hydrogen) atoms. The molecule has 3 rings (SSSR count). The molecule has 0 heterocycles. The summed E-state index contributed by atoms with van der Waals surface area (Å²) in [7, 11) is 0. The summed E-state index contributed by atoms with van der Waals surface area (Å²) in [4.78, 5) is 0. The third-order valence-corrected chi connectivity index (χ3v) is 4.71. The number of anilines is 1. The summed E-state index contributed by atoms with van der Waals surface area (Å²) in [5.74, 6) is 0.841. The van der Waals surface area contributed by atoms with Crippen LogP contribution in [0.2, 0.25) is 5.02 Å². The van der Waals surface area contributed by atoms with Crippen molar-refractivity contribution in [3.8, 4) is 5.75 Å². The minimum Gasteiger partial charge on any atom is -0.489 e. The molecule has 1 N–H and O–H groups in total. The Morgan fingerprint density at radius 3 is 2.52 bits per heavy atom. The minimum absolute atomic E-state index is 0.520. The molecule has 0 saturated heterocycles. The van der Waals surface area contributed by atoms with Crippen molar-refractivity contribution in [1.29, 1.82) is 0 Å².